The minimum Gasteiger partial charge on any atom is -0.511 e. The Hall–Kier alpha value is -1.85. The highest BCUT2D eigenvalue weighted by atomic mass is 16.5. The van der Waals surface area contributed by atoms with Crippen molar-refractivity contribution in [3.05, 3.63) is 11.3 Å². The first-order valence-electron chi connectivity index (χ1n) is 8.80. The predicted octanol–water partition coefficient (Wildman–Crippen LogP) is 3.21. The number of unbranched alkanes of at least 4 members (excludes halogenated alkanes) is 6. The lowest BCUT2D eigenvalue weighted by atomic mass is 10.0. The second-order valence-corrected chi connectivity index (χ2v) is 5.75. The van der Waals surface area contributed by atoms with Crippen LogP contribution in [-0.2, 0) is 19.1 Å². The molecule has 138 valence electrons. The molecule has 0 aromatic heterocycles. The monoisotopic (exact) mass is 341 g/mol. The average molecular weight is 341 g/mol. The molecule has 0 aliphatic rings. The fourth-order valence-corrected chi connectivity index (χ4v) is 2.26. The maximum absolute atomic E-state index is 12.1. The zero-order valence-electron chi connectivity index (χ0n) is 15.2. The van der Waals surface area contributed by atoms with Crippen molar-refractivity contribution in [2.24, 2.45) is 0 Å². The number of Topliss-reactive ketones (excluding diaryl/α,β-unsaturated/α-hetero) is 1. The third-order valence-electron chi connectivity index (χ3n) is 3.56. The van der Waals surface area contributed by atoms with Gasteiger partial charge in [-0.1, -0.05) is 45.4 Å². The molecule has 0 aromatic carbocycles. The van der Waals surface area contributed by atoms with Gasteiger partial charge in [0.25, 0.3) is 0 Å². The summed E-state index contributed by atoms with van der Waals surface area (Å²) in [6.45, 7) is 4.85. The van der Waals surface area contributed by atoms with Gasteiger partial charge in [0.1, 0.15) is 11.3 Å². The molecule has 24 heavy (non-hydrogen) atoms. The van der Waals surface area contributed by atoms with Gasteiger partial charge in [0.2, 0.25) is 5.91 Å². The van der Waals surface area contributed by atoms with Crippen molar-refractivity contribution in [3.63, 3.8) is 0 Å². The first-order valence-corrected chi connectivity index (χ1v) is 8.80. The van der Waals surface area contributed by atoms with E-state index in [0.717, 1.165) is 19.3 Å². The Bertz CT molecular complexity index is 443. The molecule has 0 aliphatic heterocycles. The molecular weight excluding hydrogens is 310 g/mol. The number of carbonyl (C=O) groups excluding carboxylic acids is 3. The maximum atomic E-state index is 12.1. The lowest BCUT2D eigenvalue weighted by molar-refractivity contribution is -0.140. The summed E-state index contributed by atoms with van der Waals surface area (Å²) < 4.78 is 4.83. The molecule has 6 heteroatoms. The van der Waals surface area contributed by atoms with E-state index in [0.29, 0.717) is 6.42 Å². The van der Waals surface area contributed by atoms with Crippen molar-refractivity contribution in [1.29, 1.82) is 0 Å². The molecule has 0 radical (unpaired) electrons. The Labute approximate surface area is 144 Å². The number of ether oxygens (including phenoxy) is 1. The number of aliphatic hydroxyl groups is 1. The molecule has 0 aromatic rings. The number of rotatable bonds is 13. The van der Waals surface area contributed by atoms with E-state index < -0.39 is 11.8 Å². The molecule has 0 fully saturated rings. The average Bonchev–Trinajstić information content (AvgIpc) is 2.52. The van der Waals surface area contributed by atoms with Crippen LogP contribution in [0, 0.1) is 0 Å². The van der Waals surface area contributed by atoms with Gasteiger partial charge in [-0.15, -0.1) is 0 Å². The Morgan fingerprint density at radius 1 is 0.958 bits per heavy atom. The molecule has 0 aliphatic carbocycles. The molecule has 0 bridgehead atoms. The minimum absolute atomic E-state index is 0.112. The van der Waals surface area contributed by atoms with Crippen molar-refractivity contribution < 1.29 is 24.2 Å². The van der Waals surface area contributed by atoms with Crippen LogP contribution in [0.15, 0.2) is 11.3 Å². The number of allylic oxidation sites excluding steroid dienone is 1. The normalized spacial score (nSPS) is 11.6. The van der Waals surface area contributed by atoms with Crippen LogP contribution in [0.5, 0.6) is 0 Å². The number of ketones is 1. The van der Waals surface area contributed by atoms with Gasteiger partial charge in [-0.2, -0.15) is 0 Å². The molecule has 1 amide bonds. The van der Waals surface area contributed by atoms with Crippen molar-refractivity contribution in [2.75, 3.05) is 13.2 Å². The number of amides is 1. The Kier molecular flexibility index (Phi) is 12.5. The minimum atomic E-state index is -0.840. The third-order valence-corrected chi connectivity index (χ3v) is 3.56. The lowest BCUT2D eigenvalue weighted by Crippen LogP contribution is -2.31. The molecule has 0 unspecified atom stereocenters. The van der Waals surface area contributed by atoms with Gasteiger partial charge < -0.3 is 15.2 Å². The highest BCUT2D eigenvalue weighted by molar-refractivity contribution is 6.18. The van der Waals surface area contributed by atoms with E-state index in [9.17, 15) is 19.5 Å². The lowest BCUT2D eigenvalue weighted by Gasteiger charge is -2.10. The van der Waals surface area contributed by atoms with Crippen molar-refractivity contribution >= 4 is 17.7 Å². The summed E-state index contributed by atoms with van der Waals surface area (Å²) >= 11 is 0. The second-order valence-electron chi connectivity index (χ2n) is 5.75. The Morgan fingerprint density at radius 3 is 2.08 bits per heavy atom. The first kappa shape index (κ1) is 22.1. The van der Waals surface area contributed by atoms with Crippen LogP contribution in [0.4, 0.5) is 0 Å². The maximum Gasteiger partial charge on any atom is 0.345 e. The largest absolute Gasteiger partial charge is 0.511 e. The van der Waals surface area contributed by atoms with Crippen LogP contribution in [0.25, 0.3) is 0 Å². The molecule has 0 saturated heterocycles. The molecule has 0 atom stereocenters. The van der Waals surface area contributed by atoms with Crippen LogP contribution in [0.3, 0.4) is 0 Å². The van der Waals surface area contributed by atoms with E-state index >= 15 is 0 Å². The van der Waals surface area contributed by atoms with Crippen LogP contribution in [-0.4, -0.2) is 35.9 Å². The van der Waals surface area contributed by atoms with Gasteiger partial charge >= 0.3 is 5.97 Å². The quantitative estimate of drug-likeness (QED) is 0.134. The molecule has 0 spiro atoms. The number of nitrogens with one attached hydrogen (secondary N) is 1. The highest BCUT2D eigenvalue weighted by Crippen LogP contribution is 2.15. The zero-order valence-corrected chi connectivity index (χ0v) is 15.2. The summed E-state index contributed by atoms with van der Waals surface area (Å²) in [6.07, 6.45) is 7.76. The summed E-state index contributed by atoms with van der Waals surface area (Å²) in [6, 6.07) is 0. The van der Waals surface area contributed by atoms with Gasteiger partial charge in [-0.05, 0) is 13.3 Å². The second kappa shape index (κ2) is 13.6. The van der Waals surface area contributed by atoms with Gasteiger partial charge in [0.05, 0.1) is 13.2 Å². The Morgan fingerprint density at radius 2 is 1.54 bits per heavy atom. The van der Waals surface area contributed by atoms with Crippen LogP contribution in [0.1, 0.15) is 72.1 Å². The van der Waals surface area contributed by atoms with Gasteiger partial charge in [-0.3, -0.25) is 9.59 Å². The SMILES string of the molecule is CCCCCCCCC/C(O)=C(/C(=O)CNC(C)=O)C(=O)OCC. The third kappa shape index (κ3) is 10.0. The van der Waals surface area contributed by atoms with Crippen LogP contribution >= 0.6 is 0 Å². The summed E-state index contributed by atoms with van der Waals surface area (Å²) in [5.41, 5.74) is -0.350. The van der Waals surface area contributed by atoms with Crippen LogP contribution < -0.4 is 5.32 Å². The fourth-order valence-electron chi connectivity index (χ4n) is 2.26. The van der Waals surface area contributed by atoms with Crippen LogP contribution in [0.2, 0.25) is 0 Å². The topological polar surface area (TPSA) is 92.7 Å². The summed E-state index contributed by atoms with van der Waals surface area (Å²) in [5, 5.41) is 12.5. The van der Waals surface area contributed by atoms with Gasteiger partial charge in [-0.25, -0.2) is 4.79 Å². The first-order chi connectivity index (χ1) is 11.4. The fraction of sp³-hybridized carbons (Fsp3) is 0.722. The molecular formula is C18H31NO5. The van der Waals surface area contributed by atoms with Crippen molar-refractivity contribution in [1.82, 2.24) is 5.32 Å². The number of esters is 1. The number of hydrogen-bond acceptors (Lipinski definition) is 5. The molecule has 6 nitrogen and oxygen atoms in total. The van der Waals surface area contributed by atoms with E-state index in [1.807, 2.05) is 0 Å². The van der Waals surface area contributed by atoms with E-state index in [-0.39, 0.29) is 36.8 Å². The molecule has 0 rings (SSSR count). The number of carbonyl (C=O) groups is 3. The summed E-state index contributed by atoms with van der Waals surface area (Å²) in [7, 11) is 0. The molecule has 0 heterocycles. The standard InChI is InChI=1S/C18H31NO5/c1-4-6-7-8-9-10-11-12-15(21)17(18(23)24-5-2)16(22)13-19-14(3)20/h21H,4-13H2,1-3H3,(H,19,20)/b17-15+. The molecule has 0 saturated carbocycles. The van der Waals surface area contributed by atoms with E-state index in [1.165, 1.54) is 26.2 Å². The number of hydrogen-bond donors (Lipinski definition) is 2. The zero-order chi connectivity index (χ0) is 18.4. The van der Waals surface area contributed by atoms with E-state index in [4.69, 9.17) is 4.74 Å². The van der Waals surface area contributed by atoms with Crippen molar-refractivity contribution in [3.8, 4) is 0 Å². The van der Waals surface area contributed by atoms with Crippen molar-refractivity contribution in [2.45, 2.75) is 72.1 Å². The van der Waals surface area contributed by atoms with E-state index in [2.05, 4.69) is 12.2 Å². The Balaban J connectivity index is 4.60. The van der Waals surface area contributed by atoms with Gasteiger partial charge in [0, 0.05) is 13.3 Å². The molecule has 2 N–H and O–H groups in total. The van der Waals surface area contributed by atoms with Gasteiger partial charge in [0.15, 0.2) is 5.78 Å². The predicted molar refractivity (Wildman–Crippen MR) is 92.6 cm³/mol. The van der Waals surface area contributed by atoms with E-state index in [1.54, 1.807) is 6.92 Å². The smallest absolute Gasteiger partial charge is 0.345 e. The summed E-state index contributed by atoms with van der Waals surface area (Å²) in [5.74, 6) is -2.10. The summed E-state index contributed by atoms with van der Waals surface area (Å²) in [4.78, 5) is 34.9. The number of aliphatic hydroxyl groups excluding tert-OH is 1. The highest BCUT2D eigenvalue weighted by Gasteiger charge is 2.24.